The normalized spacial score (nSPS) is 10.9. The van der Waals surface area contributed by atoms with E-state index < -0.39 is 0 Å². The van der Waals surface area contributed by atoms with Crippen molar-refractivity contribution in [2.75, 3.05) is 26.4 Å². The fraction of sp³-hybridized carbons (Fsp3) is 0.280. The van der Waals surface area contributed by atoms with E-state index in [1.165, 1.54) is 22.3 Å². The number of benzene rings is 6. The molecule has 6 aromatic rings. The summed E-state index contributed by atoms with van der Waals surface area (Å²) in [6.07, 6.45) is 5.69. The highest BCUT2D eigenvalue weighted by atomic mass is 16.5. The Hall–Kier alpha value is -5.24. The van der Waals surface area contributed by atoms with Crippen molar-refractivity contribution in [3.63, 3.8) is 0 Å². The van der Waals surface area contributed by atoms with Gasteiger partial charge in [0.05, 0.1) is 39.6 Å². The van der Waals surface area contributed by atoms with Crippen LogP contribution in [-0.4, -0.2) is 36.6 Å². The molecule has 292 valence electrons. The van der Waals surface area contributed by atoms with Crippen molar-refractivity contribution in [1.82, 2.24) is 0 Å². The van der Waals surface area contributed by atoms with Gasteiger partial charge in [0.25, 0.3) is 0 Å². The molecule has 0 spiro atoms. The molecule has 0 fully saturated rings. The lowest BCUT2D eigenvalue weighted by Gasteiger charge is -2.13. The van der Waals surface area contributed by atoms with E-state index in [1.807, 2.05) is 72.8 Å². The number of aromatic hydroxyl groups is 2. The second-order valence-corrected chi connectivity index (χ2v) is 13.7. The maximum Gasteiger partial charge on any atom is 0.121 e. The second kappa shape index (κ2) is 25.0. The smallest absolute Gasteiger partial charge is 0.121 e. The van der Waals surface area contributed by atoms with Gasteiger partial charge in [-0.3, -0.25) is 0 Å². The third kappa shape index (κ3) is 15.5. The lowest BCUT2D eigenvalue weighted by molar-refractivity contribution is 0.104. The lowest BCUT2D eigenvalue weighted by atomic mass is 10.1. The van der Waals surface area contributed by atoms with Crippen LogP contribution in [0.1, 0.15) is 57.3 Å². The first-order chi connectivity index (χ1) is 27.7. The van der Waals surface area contributed by atoms with Gasteiger partial charge >= 0.3 is 0 Å². The molecule has 0 aliphatic heterocycles. The summed E-state index contributed by atoms with van der Waals surface area (Å²) < 4.78 is 23.3. The largest absolute Gasteiger partial charge is 0.508 e. The molecular formula is C50H56O6. The van der Waals surface area contributed by atoms with Crippen LogP contribution in [0, 0.1) is 0 Å². The third-order valence-electron chi connectivity index (χ3n) is 9.45. The molecule has 0 atom stereocenters. The summed E-state index contributed by atoms with van der Waals surface area (Å²) in [4.78, 5) is 0. The molecule has 0 heterocycles. The van der Waals surface area contributed by atoms with E-state index in [9.17, 15) is 10.2 Å². The Morgan fingerprint density at radius 1 is 0.304 bits per heavy atom. The Morgan fingerprint density at radius 3 is 1.02 bits per heavy atom. The van der Waals surface area contributed by atoms with E-state index in [0.29, 0.717) is 52.9 Å². The number of aryl methyl sites for hydroxylation is 2. The summed E-state index contributed by atoms with van der Waals surface area (Å²) in [7, 11) is 0. The van der Waals surface area contributed by atoms with Crippen molar-refractivity contribution in [2.45, 2.75) is 65.0 Å². The maximum atomic E-state index is 10.2. The first-order valence-electron chi connectivity index (χ1n) is 19.7. The molecule has 0 amide bonds. The Kier molecular flexibility index (Phi) is 18.7. The quantitative estimate of drug-likeness (QED) is 0.0673. The zero-order valence-electron chi connectivity index (χ0n) is 32.4. The van der Waals surface area contributed by atoms with Gasteiger partial charge in [0, 0.05) is 24.3 Å². The van der Waals surface area contributed by atoms with Gasteiger partial charge in [-0.1, -0.05) is 146 Å². The maximum absolute atomic E-state index is 10.2. The fourth-order valence-electron chi connectivity index (χ4n) is 6.27. The summed E-state index contributed by atoms with van der Waals surface area (Å²) in [5.74, 6) is 0.539. The molecule has 0 radical (unpaired) electrons. The molecule has 0 saturated carbocycles. The van der Waals surface area contributed by atoms with Crippen LogP contribution in [0.25, 0.3) is 0 Å². The van der Waals surface area contributed by atoms with Crippen molar-refractivity contribution >= 4 is 0 Å². The van der Waals surface area contributed by atoms with Crippen molar-refractivity contribution in [1.29, 1.82) is 0 Å². The zero-order chi connectivity index (χ0) is 38.9. The first kappa shape index (κ1) is 41.9. The van der Waals surface area contributed by atoms with E-state index in [-0.39, 0.29) is 11.5 Å². The van der Waals surface area contributed by atoms with E-state index in [4.69, 9.17) is 18.9 Å². The summed E-state index contributed by atoms with van der Waals surface area (Å²) in [6.45, 7) is 4.38. The number of phenols is 2. The van der Waals surface area contributed by atoms with Gasteiger partial charge in [0.1, 0.15) is 11.5 Å². The Bertz CT molecular complexity index is 1920. The first-order valence-corrected chi connectivity index (χ1v) is 19.7. The van der Waals surface area contributed by atoms with E-state index in [1.54, 1.807) is 12.1 Å². The average Bonchev–Trinajstić information content (AvgIpc) is 3.24. The van der Waals surface area contributed by atoms with E-state index in [2.05, 4.69) is 72.8 Å². The molecule has 6 nitrogen and oxygen atoms in total. The molecule has 6 heteroatoms. The summed E-state index contributed by atoms with van der Waals surface area (Å²) in [5.41, 5.74) is 8.77. The van der Waals surface area contributed by atoms with Gasteiger partial charge in [0.2, 0.25) is 0 Å². The van der Waals surface area contributed by atoms with Gasteiger partial charge in [-0.25, -0.2) is 0 Å². The summed E-state index contributed by atoms with van der Waals surface area (Å²) in [5, 5.41) is 20.4. The minimum atomic E-state index is 0.263. The van der Waals surface area contributed by atoms with Crippen LogP contribution in [0.3, 0.4) is 0 Å². The van der Waals surface area contributed by atoms with E-state index >= 15 is 0 Å². The van der Waals surface area contributed by atoms with Gasteiger partial charge in [-0.05, 0) is 84.0 Å². The van der Waals surface area contributed by atoms with Gasteiger partial charge in [-0.15, -0.1) is 0 Å². The van der Waals surface area contributed by atoms with Crippen molar-refractivity contribution < 1.29 is 29.2 Å². The van der Waals surface area contributed by atoms with Crippen molar-refractivity contribution in [3.8, 4) is 11.5 Å². The van der Waals surface area contributed by atoms with Crippen LogP contribution in [0.2, 0.25) is 0 Å². The van der Waals surface area contributed by atoms with Gasteiger partial charge in [-0.2, -0.15) is 0 Å². The van der Waals surface area contributed by atoms with Crippen molar-refractivity contribution in [2.24, 2.45) is 0 Å². The predicted octanol–water partition coefficient (Wildman–Crippen LogP) is 10.6. The highest BCUT2D eigenvalue weighted by Gasteiger charge is 2.10. The fourth-order valence-corrected chi connectivity index (χ4v) is 6.27. The minimum Gasteiger partial charge on any atom is -0.508 e. The number of rotatable bonds is 22. The lowest BCUT2D eigenvalue weighted by Crippen LogP contribution is -2.05. The van der Waals surface area contributed by atoms with Crippen LogP contribution >= 0.6 is 0 Å². The minimum absolute atomic E-state index is 0.263. The molecule has 0 aromatic heterocycles. The average molecular weight is 753 g/mol. The molecular weight excluding hydrogens is 697 g/mol. The Labute approximate surface area is 333 Å². The van der Waals surface area contributed by atoms with Crippen LogP contribution in [-0.2, 0) is 71.1 Å². The molecule has 0 aliphatic carbocycles. The topological polar surface area (TPSA) is 77.4 Å². The van der Waals surface area contributed by atoms with Crippen LogP contribution < -0.4 is 0 Å². The molecule has 0 aliphatic rings. The third-order valence-corrected chi connectivity index (χ3v) is 9.45. The van der Waals surface area contributed by atoms with Gasteiger partial charge < -0.3 is 29.2 Å². The highest BCUT2D eigenvalue weighted by Crippen LogP contribution is 2.24. The number of hydrogen-bond donors (Lipinski definition) is 2. The Morgan fingerprint density at radius 2 is 0.625 bits per heavy atom. The zero-order valence-corrected chi connectivity index (χ0v) is 32.4. The second-order valence-electron chi connectivity index (χ2n) is 13.7. The molecule has 2 N–H and O–H groups in total. The standard InChI is InChI=1S/C26H30O3.C24H26O3/c27-26-17-7-16-24(20-28-18-8-14-22-10-3-1-4-11-22)25(26)21-29-19-9-15-23-12-5-2-6-13-23;25-24-13-7-12-22(18-26-16-14-20-8-3-1-4-9-20)23(24)19-27-17-15-21-10-5-2-6-11-21/h1-7,10-13,16-17,27H,8-9,14-15,18-21H2;1-13,25H,14-19H2. The molecule has 56 heavy (non-hydrogen) atoms. The molecule has 0 unspecified atom stereocenters. The summed E-state index contributed by atoms with van der Waals surface area (Å²) in [6, 6.07) is 52.5. The Balaban J connectivity index is 0.000000215. The number of phenolic OH excluding ortho intramolecular Hbond substituents is 2. The summed E-state index contributed by atoms with van der Waals surface area (Å²) >= 11 is 0. The van der Waals surface area contributed by atoms with Crippen LogP contribution in [0.4, 0.5) is 0 Å². The predicted molar refractivity (Wildman–Crippen MR) is 225 cm³/mol. The van der Waals surface area contributed by atoms with Crippen LogP contribution in [0.5, 0.6) is 11.5 Å². The molecule has 6 rings (SSSR count). The number of ether oxygens (including phenoxy) is 4. The molecule has 0 saturated heterocycles. The van der Waals surface area contributed by atoms with E-state index in [0.717, 1.165) is 60.8 Å². The monoisotopic (exact) mass is 752 g/mol. The highest BCUT2D eigenvalue weighted by molar-refractivity contribution is 5.39. The van der Waals surface area contributed by atoms with Crippen LogP contribution in [0.15, 0.2) is 158 Å². The molecule has 0 bridgehead atoms. The van der Waals surface area contributed by atoms with Crippen molar-refractivity contribution in [3.05, 3.63) is 202 Å². The number of hydrogen-bond acceptors (Lipinski definition) is 6. The molecule has 6 aromatic carbocycles. The van der Waals surface area contributed by atoms with Gasteiger partial charge in [0.15, 0.2) is 0 Å². The SMILES string of the molecule is Oc1cccc(COCCCc2ccccc2)c1COCCCc1ccccc1.Oc1cccc(COCCc2ccccc2)c1COCCc1ccccc1.